The van der Waals surface area contributed by atoms with E-state index >= 15 is 0 Å². The Hall–Kier alpha value is -3.41. The third-order valence-corrected chi connectivity index (χ3v) is 10.9. The number of piperidine rings is 1. The van der Waals surface area contributed by atoms with Crippen molar-refractivity contribution in [3.63, 3.8) is 0 Å². The Morgan fingerprint density at radius 1 is 1.02 bits per heavy atom. The number of hydrogen-bond acceptors (Lipinski definition) is 9. The van der Waals surface area contributed by atoms with E-state index in [1.54, 1.807) is 31.6 Å². The molecule has 0 saturated carbocycles. The predicted octanol–water partition coefficient (Wildman–Crippen LogP) is 7.16. The van der Waals surface area contributed by atoms with Crippen LogP contribution in [0, 0.1) is 0 Å². The van der Waals surface area contributed by atoms with Crippen LogP contribution in [0.1, 0.15) is 63.1 Å². The molecule has 0 bridgehead atoms. The normalized spacial score (nSPS) is 16.9. The number of carbonyl (C=O) groups excluding carboxylic acids is 1. The summed E-state index contributed by atoms with van der Waals surface area (Å²) in [4.78, 5) is 23.8. The zero-order valence-corrected chi connectivity index (χ0v) is 30.2. The van der Waals surface area contributed by atoms with Crippen molar-refractivity contribution < 1.29 is 14.3 Å². The van der Waals surface area contributed by atoms with Gasteiger partial charge in [-0.2, -0.15) is 5.10 Å². The standard InChI is InChI=1S/C37H47Cl2N7O3/c1-4-44(5-2)33(23-47)45-19-14-25(15-20-45)35-28(9-8-18-43-16-6-7-17-43)34(36-37(40)41-24-42-46(35)36)26-10-13-31(32(21-26)48-3)49-27-11-12-29(38)30(39)22-27/h10-13,21-25,33H,4-9,14-20H2,1-3H3,(H2,40,41,42). The quantitative estimate of drug-likeness (QED) is 0.137. The molecule has 2 saturated heterocycles. The second-order valence-electron chi connectivity index (χ2n) is 12.9. The monoisotopic (exact) mass is 707 g/mol. The van der Waals surface area contributed by atoms with Crippen LogP contribution >= 0.6 is 23.2 Å². The van der Waals surface area contributed by atoms with Gasteiger partial charge in [0.25, 0.3) is 0 Å². The molecule has 2 fully saturated rings. The highest BCUT2D eigenvalue weighted by molar-refractivity contribution is 6.42. The smallest absolute Gasteiger partial charge is 0.169 e. The molecule has 2 aromatic heterocycles. The Labute approximate surface area is 299 Å². The number of likely N-dealkylation sites (N-methyl/N-ethyl adjacent to an activating group) is 1. The number of carbonyl (C=O) groups is 1. The van der Waals surface area contributed by atoms with E-state index < -0.39 is 0 Å². The van der Waals surface area contributed by atoms with E-state index in [4.69, 9.17) is 43.5 Å². The Balaban J connectivity index is 1.39. The first-order valence-electron chi connectivity index (χ1n) is 17.5. The van der Waals surface area contributed by atoms with Crippen LogP contribution in [0.15, 0.2) is 42.7 Å². The van der Waals surface area contributed by atoms with Gasteiger partial charge in [0.05, 0.1) is 17.2 Å². The molecule has 2 aliphatic rings. The summed E-state index contributed by atoms with van der Waals surface area (Å²) in [6, 6.07) is 11.1. The van der Waals surface area contributed by atoms with E-state index in [1.165, 1.54) is 24.1 Å². The largest absolute Gasteiger partial charge is 0.493 e. The van der Waals surface area contributed by atoms with Gasteiger partial charge in [-0.1, -0.05) is 43.1 Å². The number of benzene rings is 2. The number of nitrogens with two attached hydrogens (primary N) is 1. The first-order valence-corrected chi connectivity index (χ1v) is 18.2. The van der Waals surface area contributed by atoms with Crippen molar-refractivity contribution in [1.82, 2.24) is 29.3 Å². The molecule has 1 atom stereocenters. The number of fused-ring (bicyclic) bond motifs is 1. The van der Waals surface area contributed by atoms with Crippen molar-refractivity contribution in [3.05, 3.63) is 64.0 Å². The third-order valence-electron chi connectivity index (χ3n) is 10.2. The number of ether oxygens (including phenoxy) is 2. The number of methoxy groups -OCH3 is 1. The van der Waals surface area contributed by atoms with E-state index in [0.29, 0.717) is 33.1 Å². The van der Waals surface area contributed by atoms with Crippen LogP contribution < -0.4 is 15.2 Å². The van der Waals surface area contributed by atoms with Gasteiger partial charge in [-0.25, -0.2) is 9.50 Å². The molecule has 0 aliphatic carbocycles. The first-order chi connectivity index (χ1) is 23.9. The van der Waals surface area contributed by atoms with E-state index in [9.17, 15) is 4.79 Å². The second-order valence-corrected chi connectivity index (χ2v) is 13.7. The molecule has 0 amide bonds. The van der Waals surface area contributed by atoms with E-state index in [0.717, 1.165) is 94.4 Å². The molecule has 12 heteroatoms. The topological polar surface area (TPSA) is 101 Å². The summed E-state index contributed by atoms with van der Waals surface area (Å²) in [7, 11) is 1.64. The average Bonchev–Trinajstić information content (AvgIpc) is 3.76. The lowest BCUT2D eigenvalue weighted by Crippen LogP contribution is -2.52. The van der Waals surface area contributed by atoms with Crippen LogP contribution in [-0.2, 0) is 11.2 Å². The zero-order chi connectivity index (χ0) is 34.5. The van der Waals surface area contributed by atoms with E-state index in [-0.39, 0.29) is 12.1 Å². The van der Waals surface area contributed by atoms with Crippen LogP contribution in [0.3, 0.4) is 0 Å². The van der Waals surface area contributed by atoms with Gasteiger partial charge < -0.3 is 24.9 Å². The molecule has 49 heavy (non-hydrogen) atoms. The molecule has 0 spiro atoms. The van der Waals surface area contributed by atoms with E-state index in [1.807, 2.05) is 22.7 Å². The van der Waals surface area contributed by atoms with Crippen molar-refractivity contribution in [2.24, 2.45) is 0 Å². The minimum atomic E-state index is -0.203. The Kier molecular flexibility index (Phi) is 11.6. The van der Waals surface area contributed by atoms with Crippen LogP contribution in [0.2, 0.25) is 10.0 Å². The second kappa shape index (κ2) is 16.1. The molecule has 10 nitrogen and oxygen atoms in total. The summed E-state index contributed by atoms with van der Waals surface area (Å²) in [6.07, 6.45) is 8.71. The zero-order valence-electron chi connectivity index (χ0n) is 28.7. The van der Waals surface area contributed by atoms with Gasteiger partial charge in [-0.05, 0) is 107 Å². The van der Waals surface area contributed by atoms with Crippen LogP contribution in [-0.4, -0.2) is 94.7 Å². The Bertz CT molecular complexity index is 1750. The van der Waals surface area contributed by atoms with Gasteiger partial charge in [-0.3, -0.25) is 9.80 Å². The maximum atomic E-state index is 12.2. The van der Waals surface area contributed by atoms with Gasteiger partial charge in [0.1, 0.15) is 23.8 Å². The minimum Gasteiger partial charge on any atom is -0.493 e. The van der Waals surface area contributed by atoms with Gasteiger partial charge >= 0.3 is 0 Å². The maximum Gasteiger partial charge on any atom is 0.169 e. The number of halogens is 2. The molecular weight excluding hydrogens is 661 g/mol. The summed E-state index contributed by atoms with van der Waals surface area (Å²) < 4.78 is 14.1. The maximum absolute atomic E-state index is 12.2. The van der Waals surface area contributed by atoms with Gasteiger partial charge in [0, 0.05) is 36.3 Å². The molecule has 262 valence electrons. The number of anilines is 1. The molecule has 1 unspecified atom stereocenters. The fourth-order valence-electron chi connectivity index (χ4n) is 7.66. The van der Waals surface area contributed by atoms with Crippen LogP contribution in [0.5, 0.6) is 17.2 Å². The highest BCUT2D eigenvalue weighted by atomic mass is 35.5. The van der Waals surface area contributed by atoms with Crippen molar-refractivity contribution in [1.29, 1.82) is 0 Å². The fraction of sp³-hybridized carbons (Fsp3) is 0.486. The molecule has 4 heterocycles. The lowest BCUT2D eigenvalue weighted by molar-refractivity contribution is -0.119. The molecular formula is C37H47Cl2N7O3. The SMILES string of the molecule is CCN(CC)C(C=O)N1CCC(c2c(CCCN3CCCC3)c(-c3ccc(Oc4ccc(Cl)c(Cl)c4)c(OC)c3)c3c(N)ncnn23)CC1. The summed E-state index contributed by atoms with van der Waals surface area (Å²) in [5, 5.41) is 5.70. The number of nitrogens with zero attached hydrogens (tertiary/aromatic N) is 6. The van der Waals surface area contributed by atoms with Crippen molar-refractivity contribution >= 4 is 40.8 Å². The lowest BCUT2D eigenvalue weighted by Gasteiger charge is -2.39. The molecule has 2 aliphatic heterocycles. The molecule has 6 rings (SSSR count). The van der Waals surface area contributed by atoms with Crippen LogP contribution in [0.25, 0.3) is 16.6 Å². The van der Waals surface area contributed by atoms with Gasteiger partial charge in [0.15, 0.2) is 23.6 Å². The Morgan fingerprint density at radius 2 is 1.78 bits per heavy atom. The number of aromatic nitrogens is 3. The van der Waals surface area contributed by atoms with Crippen LogP contribution in [0.4, 0.5) is 5.82 Å². The highest BCUT2D eigenvalue weighted by Gasteiger charge is 2.33. The van der Waals surface area contributed by atoms with Crippen molar-refractivity contribution in [2.75, 3.05) is 58.7 Å². The van der Waals surface area contributed by atoms with Gasteiger partial charge in [-0.15, -0.1) is 0 Å². The number of nitrogen functional groups attached to an aromatic ring is 1. The minimum absolute atomic E-state index is 0.203. The highest BCUT2D eigenvalue weighted by Crippen LogP contribution is 2.44. The Morgan fingerprint density at radius 3 is 2.45 bits per heavy atom. The summed E-state index contributed by atoms with van der Waals surface area (Å²) in [5.74, 6) is 2.37. The molecule has 2 N–H and O–H groups in total. The summed E-state index contributed by atoms with van der Waals surface area (Å²) in [5.41, 5.74) is 11.9. The summed E-state index contributed by atoms with van der Waals surface area (Å²) >= 11 is 12.4. The number of likely N-dealkylation sites (tertiary alicyclic amines) is 2. The number of hydrogen-bond donors (Lipinski definition) is 1. The first kappa shape index (κ1) is 35.4. The molecule has 2 aromatic carbocycles. The average molecular weight is 709 g/mol. The predicted molar refractivity (Wildman–Crippen MR) is 196 cm³/mol. The molecule has 4 aromatic rings. The molecule has 0 radical (unpaired) electrons. The number of aldehydes is 1. The third kappa shape index (κ3) is 7.54. The van der Waals surface area contributed by atoms with E-state index in [2.05, 4.69) is 33.5 Å². The van der Waals surface area contributed by atoms with Gasteiger partial charge in [0.2, 0.25) is 0 Å². The van der Waals surface area contributed by atoms with Crippen molar-refractivity contribution in [3.8, 4) is 28.4 Å². The number of rotatable bonds is 14. The lowest BCUT2D eigenvalue weighted by atomic mass is 9.87. The summed E-state index contributed by atoms with van der Waals surface area (Å²) in [6.45, 7) is 10.9. The van der Waals surface area contributed by atoms with Crippen molar-refractivity contribution in [2.45, 2.75) is 64.5 Å². The fourth-order valence-corrected chi connectivity index (χ4v) is 7.95.